The van der Waals surface area contributed by atoms with Crippen LogP contribution in [0.4, 0.5) is 21.8 Å². The predicted molar refractivity (Wildman–Crippen MR) is 109 cm³/mol. The number of nitrogens with zero attached hydrogens (tertiary/aromatic N) is 5. The first kappa shape index (κ1) is 19.3. The lowest BCUT2D eigenvalue weighted by Crippen LogP contribution is -2.44. The van der Waals surface area contributed by atoms with Gasteiger partial charge in [-0.3, -0.25) is 4.79 Å². The fourth-order valence-corrected chi connectivity index (χ4v) is 3.49. The van der Waals surface area contributed by atoms with E-state index >= 15 is 0 Å². The minimum absolute atomic E-state index is 0.0147. The van der Waals surface area contributed by atoms with Gasteiger partial charge in [0.15, 0.2) is 5.82 Å². The molecule has 0 unspecified atom stereocenters. The molecule has 0 saturated carbocycles. The van der Waals surface area contributed by atoms with Gasteiger partial charge >= 0.3 is 0 Å². The van der Waals surface area contributed by atoms with Crippen LogP contribution in [-0.4, -0.2) is 45.0 Å². The molecule has 1 fully saturated rings. The van der Waals surface area contributed by atoms with E-state index in [1.54, 1.807) is 12.3 Å². The molecule has 0 aliphatic carbocycles. The standard InChI is InChI=1S/C19H19ClFN7O/c1-11(29)25-12-4-6-28(7-5-12)19-22-9-16-17(27-19)18(24-10-23-16)26-13-2-3-15(21)14(20)8-13/h2-3,8-10,12H,4-7H2,1H3,(H,25,29)(H,23,24,26). The van der Waals surface area contributed by atoms with Gasteiger partial charge in [-0.1, -0.05) is 11.6 Å². The van der Waals surface area contributed by atoms with Gasteiger partial charge in [-0.2, -0.15) is 0 Å². The zero-order chi connectivity index (χ0) is 20.4. The van der Waals surface area contributed by atoms with Crippen LogP contribution in [0.5, 0.6) is 0 Å². The minimum atomic E-state index is -0.489. The molecule has 0 bridgehead atoms. The normalized spacial score (nSPS) is 14.8. The third-order valence-corrected chi connectivity index (χ3v) is 5.02. The molecule has 0 spiro atoms. The molecule has 10 heteroatoms. The van der Waals surface area contributed by atoms with Crippen LogP contribution in [0, 0.1) is 5.82 Å². The molecule has 2 N–H and O–H groups in total. The van der Waals surface area contributed by atoms with Gasteiger partial charge in [0.05, 0.1) is 11.2 Å². The molecule has 1 aliphatic rings. The zero-order valence-corrected chi connectivity index (χ0v) is 16.4. The molecule has 1 aliphatic heterocycles. The number of aromatic nitrogens is 4. The summed E-state index contributed by atoms with van der Waals surface area (Å²) in [5.41, 5.74) is 1.74. The van der Waals surface area contributed by atoms with E-state index in [9.17, 15) is 9.18 Å². The zero-order valence-electron chi connectivity index (χ0n) is 15.7. The second kappa shape index (κ2) is 8.12. The summed E-state index contributed by atoms with van der Waals surface area (Å²) in [5, 5.41) is 6.09. The Balaban J connectivity index is 1.58. The summed E-state index contributed by atoms with van der Waals surface area (Å²) < 4.78 is 13.4. The molecular formula is C19H19ClFN7O. The monoisotopic (exact) mass is 415 g/mol. The molecular weight excluding hydrogens is 397 g/mol. The molecule has 1 aromatic carbocycles. The quantitative estimate of drug-likeness (QED) is 0.676. The van der Waals surface area contributed by atoms with Crippen LogP contribution in [-0.2, 0) is 4.79 Å². The Morgan fingerprint density at radius 3 is 2.76 bits per heavy atom. The van der Waals surface area contributed by atoms with Crippen molar-refractivity contribution >= 4 is 46.0 Å². The molecule has 8 nitrogen and oxygen atoms in total. The first-order chi connectivity index (χ1) is 14.0. The van der Waals surface area contributed by atoms with E-state index in [2.05, 4.69) is 35.5 Å². The van der Waals surface area contributed by atoms with Crippen molar-refractivity contribution < 1.29 is 9.18 Å². The number of hydrogen-bond donors (Lipinski definition) is 2. The van der Waals surface area contributed by atoms with Crippen LogP contribution in [0.3, 0.4) is 0 Å². The van der Waals surface area contributed by atoms with Crippen molar-refractivity contribution in [3.05, 3.63) is 41.6 Å². The van der Waals surface area contributed by atoms with Crippen LogP contribution < -0.4 is 15.5 Å². The molecule has 1 amide bonds. The van der Waals surface area contributed by atoms with Gasteiger partial charge in [0.1, 0.15) is 23.2 Å². The Bertz CT molecular complexity index is 1060. The molecule has 2 aromatic heterocycles. The first-order valence-electron chi connectivity index (χ1n) is 9.21. The number of rotatable bonds is 4. The second-order valence-corrected chi connectivity index (χ2v) is 7.25. The number of fused-ring (bicyclic) bond motifs is 1. The van der Waals surface area contributed by atoms with Crippen LogP contribution in [0.25, 0.3) is 11.0 Å². The van der Waals surface area contributed by atoms with Crippen molar-refractivity contribution in [1.29, 1.82) is 0 Å². The number of carbonyl (C=O) groups is 1. The maximum atomic E-state index is 13.4. The number of anilines is 3. The molecule has 4 rings (SSSR count). The Morgan fingerprint density at radius 1 is 1.24 bits per heavy atom. The predicted octanol–water partition coefficient (Wildman–Crippen LogP) is 3.06. The minimum Gasteiger partial charge on any atom is -0.353 e. The fourth-order valence-electron chi connectivity index (χ4n) is 3.31. The van der Waals surface area contributed by atoms with Gasteiger partial charge in [0.25, 0.3) is 0 Å². The summed E-state index contributed by atoms with van der Waals surface area (Å²) in [6, 6.07) is 4.52. The molecule has 3 heterocycles. The molecule has 3 aromatic rings. The van der Waals surface area contributed by atoms with Gasteiger partial charge in [0.2, 0.25) is 11.9 Å². The third kappa shape index (κ3) is 4.34. The Kier molecular flexibility index (Phi) is 5.39. The van der Waals surface area contributed by atoms with Gasteiger partial charge in [0, 0.05) is 31.7 Å². The molecule has 0 radical (unpaired) electrons. The summed E-state index contributed by atoms with van der Waals surface area (Å²) >= 11 is 5.86. The highest BCUT2D eigenvalue weighted by molar-refractivity contribution is 6.31. The van der Waals surface area contributed by atoms with E-state index in [1.807, 2.05) is 0 Å². The van der Waals surface area contributed by atoms with Crippen molar-refractivity contribution in [2.75, 3.05) is 23.3 Å². The summed E-state index contributed by atoms with van der Waals surface area (Å²) in [7, 11) is 0. The number of piperidine rings is 1. The molecule has 150 valence electrons. The first-order valence-corrected chi connectivity index (χ1v) is 9.59. The average molecular weight is 416 g/mol. The molecule has 1 saturated heterocycles. The third-order valence-electron chi connectivity index (χ3n) is 4.73. The van der Waals surface area contributed by atoms with E-state index in [0.717, 1.165) is 25.9 Å². The Labute approximate surface area is 171 Å². The van der Waals surface area contributed by atoms with E-state index in [-0.39, 0.29) is 17.0 Å². The van der Waals surface area contributed by atoms with Gasteiger partial charge in [-0.05, 0) is 31.0 Å². The highest BCUT2D eigenvalue weighted by Crippen LogP contribution is 2.26. The topological polar surface area (TPSA) is 95.9 Å². The maximum absolute atomic E-state index is 13.4. The summed E-state index contributed by atoms with van der Waals surface area (Å²) in [6.07, 6.45) is 4.72. The number of halogens is 2. The lowest BCUT2D eigenvalue weighted by Gasteiger charge is -2.32. The Morgan fingerprint density at radius 2 is 2.03 bits per heavy atom. The van der Waals surface area contributed by atoms with Crippen molar-refractivity contribution in [1.82, 2.24) is 25.3 Å². The van der Waals surface area contributed by atoms with Crippen molar-refractivity contribution in [2.24, 2.45) is 0 Å². The van der Waals surface area contributed by atoms with Gasteiger partial charge < -0.3 is 15.5 Å². The average Bonchev–Trinajstić information content (AvgIpc) is 2.71. The van der Waals surface area contributed by atoms with Crippen LogP contribution in [0.15, 0.2) is 30.7 Å². The molecule has 0 atom stereocenters. The smallest absolute Gasteiger partial charge is 0.226 e. The lowest BCUT2D eigenvalue weighted by atomic mass is 10.1. The number of nitrogens with one attached hydrogen (secondary N) is 2. The van der Waals surface area contributed by atoms with E-state index in [0.29, 0.717) is 28.5 Å². The van der Waals surface area contributed by atoms with E-state index < -0.39 is 5.82 Å². The highest BCUT2D eigenvalue weighted by atomic mass is 35.5. The number of amides is 1. The summed E-state index contributed by atoms with van der Waals surface area (Å²) in [4.78, 5) is 30.9. The van der Waals surface area contributed by atoms with Crippen LogP contribution in [0.1, 0.15) is 19.8 Å². The lowest BCUT2D eigenvalue weighted by molar-refractivity contribution is -0.119. The number of benzene rings is 1. The van der Waals surface area contributed by atoms with E-state index in [4.69, 9.17) is 11.6 Å². The number of carbonyl (C=O) groups excluding carboxylic acids is 1. The maximum Gasteiger partial charge on any atom is 0.226 e. The van der Waals surface area contributed by atoms with E-state index in [1.165, 1.54) is 25.4 Å². The molecule has 29 heavy (non-hydrogen) atoms. The van der Waals surface area contributed by atoms with Crippen molar-refractivity contribution in [2.45, 2.75) is 25.8 Å². The largest absolute Gasteiger partial charge is 0.353 e. The van der Waals surface area contributed by atoms with Crippen LogP contribution >= 0.6 is 11.6 Å². The Hall–Kier alpha value is -3.07. The SMILES string of the molecule is CC(=O)NC1CCN(c2ncc3ncnc(Nc4ccc(F)c(Cl)c4)c3n2)CC1. The van der Waals surface area contributed by atoms with Crippen LogP contribution in [0.2, 0.25) is 5.02 Å². The van der Waals surface area contributed by atoms with Crippen molar-refractivity contribution in [3.8, 4) is 0 Å². The van der Waals surface area contributed by atoms with Crippen molar-refractivity contribution in [3.63, 3.8) is 0 Å². The summed E-state index contributed by atoms with van der Waals surface area (Å²) in [5.74, 6) is 0.555. The number of hydrogen-bond acceptors (Lipinski definition) is 7. The van der Waals surface area contributed by atoms with Gasteiger partial charge in [-0.25, -0.2) is 24.3 Å². The second-order valence-electron chi connectivity index (χ2n) is 6.84. The highest BCUT2D eigenvalue weighted by Gasteiger charge is 2.22. The fraction of sp³-hybridized carbons (Fsp3) is 0.316. The summed E-state index contributed by atoms with van der Waals surface area (Å²) in [6.45, 7) is 3.00. The van der Waals surface area contributed by atoms with Gasteiger partial charge in [-0.15, -0.1) is 0 Å².